The molecule has 11 heteroatoms. The van der Waals surface area contributed by atoms with E-state index in [2.05, 4.69) is 28.5 Å². The molecule has 2 unspecified atom stereocenters. The van der Waals surface area contributed by atoms with Crippen molar-refractivity contribution in [1.82, 2.24) is 10.3 Å². The van der Waals surface area contributed by atoms with E-state index in [-0.39, 0.29) is 24.5 Å². The molecule has 6 N–H and O–H groups in total. The van der Waals surface area contributed by atoms with Crippen molar-refractivity contribution in [3.63, 3.8) is 0 Å². The van der Waals surface area contributed by atoms with Crippen LogP contribution in [0.3, 0.4) is 0 Å². The van der Waals surface area contributed by atoms with Gasteiger partial charge in [0.25, 0.3) is 5.91 Å². The predicted octanol–water partition coefficient (Wildman–Crippen LogP) is 3.38. The number of nitrogens with one attached hydrogen (secondary N) is 1. The lowest BCUT2D eigenvalue weighted by Crippen LogP contribution is -2.61. The molecule has 10 nitrogen and oxygen atoms in total. The number of hydrogen-bond donors (Lipinski definition) is 6. The number of benzene rings is 2. The van der Waals surface area contributed by atoms with Gasteiger partial charge in [-0.1, -0.05) is 41.9 Å². The summed E-state index contributed by atoms with van der Waals surface area (Å²) in [6.45, 7) is 0.142. The Morgan fingerprint density at radius 3 is 2.57 bits per heavy atom. The zero-order valence-corrected chi connectivity index (χ0v) is 26.9. The molecule has 0 radical (unpaired) electrons. The summed E-state index contributed by atoms with van der Waals surface area (Å²) in [5, 5.41) is 52.8. The van der Waals surface area contributed by atoms with Gasteiger partial charge in [0.15, 0.2) is 12.4 Å². The molecule has 0 spiro atoms. The third kappa shape index (κ3) is 7.65. The first-order chi connectivity index (χ1) is 22.7. The van der Waals surface area contributed by atoms with Gasteiger partial charge in [-0.3, -0.25) is 9.78 Å². The summed E-state index contributed by atoms with van der Waals surface area (Å²) >= 11 is 6.70. The second-order valence-corrected chi connectivity index (χ2v) is 13.5. The lowest BCUT2D eigenvalue weighted by atomic mass is 9.84. The summed E-state index contributed by atoms with van der Waals surface area (Å²) in [6.07, 6.45) is 2.86. The number of halogens is 1. The number of aromatic nitrogens is 1. The fraction of sp³-hybridized carbons (Fsp3) is 0.500. The molecule has 0 bridgehead atoms. The fourth-order valence-electron chi connectivity index (χ4n) is 6.53. The minimum Gasteiger partial charge on any atom is -0.490 e. The molecule has 252 valence electrons. The molecule has 3 aromatic rings. The second kappa shape index (κ2) is 14.6. The molecule has 2 heterocycles. The highest BCUT2D eigenvalue weighted by atomic mass is 35.5. The molecule has 6 atom stereocenters. The highest BCUT2D eigenvalue weighted by Crippen LogP contribution is 2.55. The van der Waals surface area contributed by atoms with Gasteiger partial charge in [0.05, 0.1) is 6.10 Å². The SMILES string of the molecule is O=C(NCCCC(CO)c1ccc(Cl)c(CCC2(c3cnccc3-c3ccccc3OC3CC3)CC2)c1)[C@H]1OC(O)[C@H](O)[C@@H](O)[C@@H]1O. The molecule has 1 amide bonds. The number of para-hydroxylation sites is 1. The zero-order valence-electron chi connectivity index (χ0n) is 26.2. The molecule has 1 saturated heterocycles. The first-order valence-electron chi connectivity index (χ1n) is 16.5. The topological polar surface area (TPSA) is 162 Å². The van der Waals surface area contributed by atoms with E-state index in [1.54, 1.807) is 0 Å². The van der Waals surface area contributed by atoms with Crippen LogP contribution in [-0.4, -0.2) is 86.4 Å². The number of rotatable bonds is 14. The normalized spacial score (nSPS) is 25.6. The standard InChI is InChI=1S/C36H43ClN2O8/c37-28-10-7-21(23(20-40)4-3-16-39-34(44)33-31(42)30(41)32(43)35(45)47-33)18-22(28)11-13-36(14-15-36)27-19-38-17-12-25(27)26-5-1-2-6-29(26)46-24-8-9-24/h1-2,5-7,10,12,17-19,23-24,30-33,35,40-43,45H,3-4,8-9,11,13-16,20H2,(H,39,44)/t23?,30-,31-,32+,33-,35?/m0/s1. The van der Waals surface area contributed by atoms with Crippen LogP contribution in [0, 0.1) is 0 Å². The van der Waals surface area contributed by atoms with E-state index in [0.717, 1.165) is 66.5 Å². The van der Waals surface area contributed by atoms with Crippen LogP contribution >= 0.6 is 11.6 Å². The van der Waals surface area contributed by atoms with E-state index < -0.39 is 36.6 Å². The number of ether oxygens (including phenoxy) is 2. The molecule has 3 fully saturated rings. The van der Waals surface area contributed by atoms with Crippen LogP contribution in [0.4, 0.5) is 0 Å². The molecule has 2 aliphatic carbocycles. The van der Waals surface area contributed by atoms with Crippen molar-refractivity contribution in [2.75, 3.05) is 13.2 Å². The van der Waals surface area contributed by atoms with Gasteiger partial charge < -0.3 is 40.3 Å². The van der Waals surface area contributed by atoms with Crippen LogP contribution in [0.25, 0.3) is 11.1 Å². The molecule has 1 aliphatic heterocycles. The van der Waals surface area contributed by atoms with Gasteiger partial charge in [0.2, 0.25) is 0 Å². The smallest absolute Gasteiger partial charge is 0.252 e. The molecular weight excluding hydrogens is 624 g/mol. The van der Waals surface area contributed by atoms with Crippen LogP contribution < -0.4 is 10.1 Å². The maximum atomic E-state index is 12.5. The number of aryl methyl sites for hydroxylation is 1. The maximum Gasteiger partial charge on any atom is 0.252 e. The third-order valence-corrected chi connectivity index (χ3v) is 10.1. The lowest BCUT2D eigenvalue weighted by Gasteiger charge is -2.37. The van der Waals surface area contributed by atoms with E-state index >= 15 is 0 Å². The zero-order chi connectivity index (χ0) is 33.1. The van der Waals surface area contributed by atoms with Gasteiger partial charge in [-0.2, -0.15) is 0 Å². The van der Waals surface area contributed by atoms with Crippen molar-refractivity contribution < 1.29 is 39.8 Å². The van der Waals surface area contributed by atoms with Crippen molar-refractivity contribution in [3.05, 3.63) is 82.6 Å². The van der Waals surface area contributed by atoms with Crippen molar-refractivity contribution in [2.45, 2.75) is 99.5 Å². The van der Waals surface area contributed by atoms with Crippen LogP contribution in [0.1, 0.15) is 67.6 Å². The lowest BCUT2D eigenvalue weighted by molar-refractivity contribution is -0.275. The summed E-state index contributed by atoms with van der Waals surface area (Å²) < 4.78 is 11.2. The molecule has 2 saturated carbocycles. The number of nitrogens with zero attached hydrogens (tertiary/aromatic N) is 1. The number of carbonyl (C=O) groups is 1. The van der Waals surface area contributed by atoms with Crippen LogP contribution in [0.2, 0.25) is 5.02 Å². The summed E-state index contributed by atoms with van der Waals surface area (Å²) in [5.74, 6) is 0.0310. The summed E-state index contributed by atoms with van der Waals surface area (Å²) in [7, 11) is 0. The summed E-state index contributed by atoms with van der Waals surface area (Å²) in [6, 6.07) is 16.2. The van der Waals surface area contributed by atoms with Crippen molar-refractivity contribution in [1.29, 1.82) is 0 Å². The highest BCUT2D eigenvalue weighted by Gasteiger charge is 2.47. The van der Waals surface area contributed by atoms with Crippen LogP contribution in [0.5, 0.6) is 5.75 Å². The Morgan fingerprint density at radius 2 is 1.83 bits per heavy atom. The Bertz CT molecular complexity index is 1550. The second-order valence-electron chi connectivity index (χ2n) is 13.1. The Labute approximate surface area is 279 Å². The number of pyridine rings is 1. The quantitative estimate of drug-likeness (QED) is 0.142. The monoisotopic (exact) mass is 666 g/mol. The van der Waals surface area contributed by atoms with Gasteiger partial charge >= 0.3 is 0 Å². The molecule has 6 rings (SSSR count). The first kappa shape index (κ1) is 33.8. The van der Waals surface area contributed by atoms with Gasteiger partial charge in [0, 0.05) is 42.0 Å². The number of hydrogen-bond acceptors (Lipinski definition) is 9. The Hall–Kier alpha value is -3.09. The van der Waals surface area contributed by atoms with Crippen molar-refractivity contribution >= 4 is 17.5 Å². The van der Waals surface area contributed by atoms with E-state index in [9.17, 15) is 30.3 Å². The molecule has 3 aliphatic rings. The van der Waals surface area contributed by atoms with Gasteiger partial charge in [-0.25, -0.2) is 0 Å². The van der Waals surface area contributed by atoms with E-state index in [1.165, 1.54) is 5.56 Å². The van der Waals surface area contributed by atoms with Crippen LogP contribution in [0.15, 0.2) is 60.9 Å². The van der Waals surface area contributed by atoms with Gasteiger partial charge in [-0.15, -0.1) is 0 Å². The van der Waals surface area contributed by atoms with Crippen molar-refractivity contribution in [3.8, 4) is 16.9 Å². The van der Waals surface area contributed by atoms with Gasteiger partial charge in [0.1, 0.15) is 24.1 Å². The predicted molar refractivity (Wildman–Crippen MR) is 175 cm³/mol. The number of carbonyl (C=O) groups excluding carboxylic acids is 1. The van der Waals surface area contributed by atoms with E-state index in [1.807, 2.05) is 42.7 Å². The van der Waals surface area contributed by atoms with Crippen molar-refractivity contribution in [2.24, 2.45) is 0 Å². The number of aliphatic hydroxyl groups is 5. The largest absolute Gasteiger partial charge is 0.490 e. The van der Waals surface area contributed by atoms with Gasteiger partial charge in [-0.05, 0) is 97.2 Å². The first-order valence-corrected chi connectivity index (χ1v) is 16.8. The third-order valence-electron chi connectivity index (χ3n) is 9.75. The van der Waals surface area contributed by atoms with E-state index in [4.69, 9.17) is 21.1 Å². The molecule has 2 aromatic carbocycles. The Kier molecular flexibility index (Phi) is 10.5. The summed E-state index contributed by atoms with van der Waals surface area (Å²) in [5.41, 5.74) is 5.48. The highest BCUT2D eigenvalue weighted by molar-refractivity contribution is 6.31. The van der Waals surface area contributed by atoms with E-state index in [0.29, 0.717) is 24.0 Å². The fourth-order valence-corrected chi connectivity index (χ4v) is 6.74. The molecular formula is C36H43ClN2O8. The minimum atomic E-state index is -1.79. The maximum absolute atomic E-state index is 12.5. The number of amides is 1. The average Bonchev–Trinajstić information content (AvgIpc) is 4.03. The summed E-state index contributed by atoms with van der Waals surface area (Å²) in [4.78, 5) is 17.0. The Morgan fingerprint density at radius 1 is 1.04 bits per heavy atom. The minimum absolute atomic E-state index is 0.00397. The average molecular weight is 667 g/mol. The number of aliphatic hydroxyl groups excluding tert-OH is 5. The molecule has 47 heavy (non-hydrogen) atoms. The Balaban J connectivity index is 1.08. The molecule has 1 aromatic heterocycles. The van der Waals surface area contributed by atoms with Crippen LogP contribution in [-0.2, 0) is 21.4 Å².